The van der Waals surface area contributed by atoms with Gasteiger partial charge in [0.15, 0.2) is 11.6 Å². The van der Waals surface area contributed by atoms with Crippen LogP contribution < -0.4 is 4.74 Å². The predicted octanol–water partition coefficient (Wildman–Crippen LogP) is 3.66. The number of halogens is 2. The van der Waals surface area contributed by atoms with Crippen molar-refractivity contribution in [1.29, 1.82) is 5.26 Å². The molecule has 0 aliphatic heterocycles. The highest BCUT2D eigenvalue weighted by atomic mass is 79.9. The molecule has 2 unspecified atom stereocenters. The predicted molar refractivity (Wildman–Crippen MR) is 61.5 cm³/mol. The molecule has 0 heterocycles. The van der Waals surface area contributed by atoms with E-state index in [0.29, 0.717) is 4.47 Å². The van der Waals surface area contributed by atoms with Crippen molar-refractivity contribution in [3.63, 3.8) is 0 Å². The molecule has 1 aliphatic rings. The summed E-state index contributed by atoms with van der Waals surface area (Å²) in [5.74, 6) is -0.267. The summed E-state index contributed by atoms with van der Waals surface area (Å²) in [6.07, 6.45) is 2.48. The van der Waals surface area contributed by atoms with Gasteiger partial charge < -0.3 is 4.74 Å². The summed E-state index contributed by atoms with van der Waals surface area (Å²) >= 11 is 3.19. The van der Waals surface area contributed by atoms with Crippen molar-refractivity contribution in [3.8, 4) is 11.8 Å². The van der Waals surface area contributed by atoms with Crippen molar-refractivity contribution < 1.29 is 9.13 Å². The maximum absolute atomic E-state index is 13.5. The van der Waals surface area contributed by atoms with Crippen molar-refractivity contribution in [2.24, 2.45) is 5.92 Å². The van der Waals surface area contributed by atoms with Gasteiger partial charge in [0.2, 0.25) is 0 Å². The Morgan fingerprint density at radius 3 is 2.94 bits per heavy atom. The van der Waals surface area contributed by atoms with E-state index in [1.165, 1.54) is 6.07 Å². The minimum atomic E-state index is -0.391. The molecule has 0 aromatic heterocycles. The highest BCUT2D eigenvalue weighted by Gasteiger charge is 2.29. The molecule has 2 nitrogen and oxygen atoms in total. The Balaban J connectivity index is 2.12. The van der Waals surface area contributed by atoms with Crippen LogP contribution in [0.2, 0.25) is 0 Å². The lowest BCUT2D eigenvalue weighted by Crippen LogP contribution is -2.20. The van der Waals surface area contributed by atoms with Crippen molar-refractivity contribution in [2.75, 3.05) is 0 Å². The van der Waals surface area contributed by atoms with Crippen molar-refractivity contribution >= 4 is 15.9 Å². The molecule has 4 heteroatoms. The summed E-state index contributed by atoms with van der Waals surface area (Å²) < 4.78 is 19.7. The van der Waals surface area contributed by atoms with Crippen LogP contribution in [-0.4, -0.2) is 6.10 Å². The summed E-state index contributed by atoms with van der Waals surface area (Å²) in [6, 6.07) is 6.90. The zero-order valence-electron chi connectivity index (χ0n) is 8.62. The van der Waals surface area contributed by atoms with Crippen LogP contribution >= 0.6 is 15.9 Å². The van der Waals surface area contributed by atoms with Crippen LogP contribution in [-0.2, 0) is 0 Å². The lowest BCUT2D eigenvalue weighted by atomic mass is 10.1. The highest BCUT2D eigenvalue weighted by molar-refractivity contribution is 9.10. The molecular formula is C12H11BrFNO. The topological polar surface area (TPSA) is 33.0 Å². The first kappa shape index (κ1) is 11.4. The van der Waals surface area contributed by atoms with Crippen LogP contribution in [0.1, 0.15) is 19.3 Å². The van der Waals surface area contributed by atoms with Gasteiger partial charge in [0.05, 0.1) is 12.0 Å². The molecule has 0 bridgehead atoms. The van der Waals surface area contributed by atoms with Gasteiger partial charge in [-0.05, 0) is 37.5 Å². The normalized spacial score (nSPS) is 24.1. The average molecular weight is 284 g/mol. The lowest BCUT2D eigenvalue weighted by molar-refractivity contribution is 0.175. The fraction of sp³-hybridized carbons (Fsp3) is 0.417. The number of hydrogen-bond donors (Lipinski definition) is 0. The maximum Gasteiger partial charge on any atom is 0.166 e. The van der Waals surface area contributed by atoms with Crippen LogP contribution in [0, 0.1) is 23.1 Å². The van der Waals surface area contributed by atoms with Gasteiger partial charge in [0, 0.05) is 4.47 Å². The van der Waals surface area contributed by atoms with Gasteiger partial charge in [0.1, 0.15) is 6.10 Å². The molecule has 1 aromatic rings. The Hall–Kier alpha value is -1.08. The maximum atomic E-state index is 13.5. The highest BCUT2D eigenvalue weighted by Crippen LogP contribution is 2.31. The third-order valence-corrected chi connectivity index (χ3v) is 3.28. The van der Waals surface area contributed by atoms with Crippen LogP contribution in [0.4, 0.5) is 4.39 Å². The molecule has 1 aromatic carbocycles. The summed E-state index contributed by atoms with van der Waals surface area (Å²) in [7, 11) is 0. The first-order valence-corrected chi connectivity index (χ1v) is 6.01. The number of ether oxygens (including phenoxy) is 1. The molecule has 0 radical (unpaired) electrons. The van der Waals surface area contributed by atoms with Gasteiger partial charge in [0.25, 0.3) is 0 Å². The van der Waals surface area contributed by atoms with Gasteiger partial charge in [-0.3, -0.25) is 0 Å². The van der Waals surface area contributed by atoms with E-state index in [-0.39, 0.29) is 17.8 Å². The smallest absolute Gasteiger partial charge is 0.166 e. The van der Waals surface area contributed by atoms with Crippen LogP contribution in [0.15, 0.2) is 22.7 Å². The molecule has 1 saturated carbocycles. The number of rotatable bonds is 2. The number of hydrogen-bond acceptors (Lipinski definition) is 2. The van der Waals surface area contributed by atoms with E-state index < -0.39 is 5.82 Å². The Labute approximate surface area is 102 Å². The van der Waals surface area contributed by atoms with Gasteiger partial charge >= 0.3 is 0 Å². The third-order valence-electron chi connectivity index (χ3n) is 2.79. The van der Waals surface area contributed by atoms with Crippen molar-refractivity contribution in [1.82, 2.24) is 0 Å². The van der Waals surface area contributed by atoms with Crippen LogP contribution in [0.25, 0.3) is 0 Å². The van der Waals surface area contributed by atoms with Crippen LogP contribution in [0.5, 0.6) is 5.75 Å². The van der Waals surface area contributed by atoms with E-state index in [1.54, 1.807) is 12.1 Å². The molecule has 0 N–H and O–H groups in total. The molecule has 0 spiro atoms. The van der Waals surface area contributed by atoms with Gasteiger partial charge in [-0.1, -0.05) is 15.9 Å². The molecule has 16 heavy (non-hydrogen) atoms. The first-order chi connectivity index (χ1) is 7.70. The van der Waals surface area contributed by atoms with E-state index in [2.05, 4.69) is 22.0 Å². The second kappa shape index (κ2) is 4.84. The second-order valence-corrected chi connectivity index (χ2v) is 4.81. The minimum Gasteiger partial charge on any atom is -0.486 e. The first-order valence-electron chi connectivity index (χ1n) is 5.22. The Morgan fingerprint density at radius 2 is 2.25 bits per heavy atom. The molecule has 2 atom stereocenters. The number of nitriles is 1. The molecule has 1 aliphatic carbocycles. The van der Waals surface area contributed by atoms with E-state index in [9.17, 15) is 4.39 Å². The van der Waals surface area contributed by atoms with E-state index in [1.807, 2.05) is 0 Å². The lowest BCUT2D eigenvalue weighted by Gasteiger charge is -2.16. The number of nitrogens with zero attached hydrogens (tertiary/aromatic N) is 1. The fourth-order valence-electron chi connectivity index (χ4n) is 1.95. The Kier molecular flexibility index (Phi) is 3.45. The molecule has 1 fully saturated rings. The zero-order chi connectivity index (χ0) is 11.5. The Morgan fingerprint density at radius 1 is 1.44 bits per heavy atom. The average Bonchev–Trinajstić information content (AvgIpc) is 2.69. The molecular weight excluding hydrogens is 273 g/mol. The van der Waals surface area contributed by atoms with Gasteiger partial charge in [-0.15, -0.1) is 0 Å². The molecule has 84 valence electrons. The van der Waals surface area contributed by atoms with Crippen molar-refractivity contribution in [3.05, 3.63) is 28.5 Å². The van der Waals surface area contributed by atoms with Crippen LogP contribution in [0.3, 0.4) is 0 Å². The largest absolute Gasteiger partial charge is 0.486 e. The minimum absolute atomic E-state index is 0.108. The Bertz CT molecular complexity index is 430. The molecule has 0 amide bonds. The summed E-state index contributed by atoms with van der Waals surface area (Å²) in [6.45, 7) is 0. The SMILES string of the molecule is N#CC1CCCC1Oc1ccc(Br)cc1F. The van der Waals surface area contributed by atoms with E-state index in [4.69, 9.17) is 10.00 Å². The third kappa shape index (κ3) is 2.35. The quantitative estimate of drug-likeness (QED) is 0.830. The van der Waals surface area contributed by atoms with Gasteiger partial charge in [-0.2, -0.15) is 5.26 Å². The second-order valence-electron chi connectivity index (χ2n) is 3.90. The summed E-state index contributed by atoms with van der Waals surface area (Å²) in [4.78, 5) is 0. The van der Waals surface area contributed by atoms with E-state index in [0.717, 1.165) is 19.3 Å². The van der Waals surface area contributed by atoms with Gasteiger partial charge in [-0.25, -0.2) is 4.39 Å². The zero-order valence-corrected chi connectivity index (χ0v) is 10.2. The monoisotopic (exact) mass is 283 g/mol. The van der Waals surface area contributed by atoms with E-state index >= 15 is 0 Å². The molecule has 0 saturated heterocycles. The molecule has 2 rings (SSSR count). The summed E-state index contributed by atoms with van der Waals surface area (Å²) in [5.41, 5.74) is 0. The standard InChI is InChI=1S/C12H11BrFNO/c13-9-4-5-12(10(14)6-9)16-11-3-1-2-8(11)7-15/h4-6,8,11H,1-3H2. The number of benzene rings is 1. The fourth-order valence-corrected chi connectivity index (χ4v) is 2.28. The summed E-state index contributed by atoms with van der Waals surface area (Å²) in [5, 5.41) is 8.90. The van der Waals surface area contributed by atoms with Crippen molar-refractivity contribution in [2.45, 2.75) is 25.4 Å².